The van der Waals surface area contributed by atoms with Gasteiger partial charge in [-0.3, -0.25) is 4.79 Å². The largest absolute Gasteiger partial charge is 0.398 e. The molecule has 0 saturated carbocycles. The molecule has 4 heteroatoms. The van der Waals surface area contributed by atoms with Gasteiger partial charge in [0.1, 0.15) is 5.69 Å². The lowest BCUT2D eigenvalue weighted by Crippen LogP contribution is -2.30. The Morgan fingerprint density at radius 2 is 2.06 bits per heavy atom. The van der Waals surface area contributed by atoms with Crippen LogP contribution in [-0.4, -0.2) is 16.9 Å². The van der Waals surface area contributed by atoms with Crippen LogP contribution in [0, 0.1) is 0 Å². The molecule has 2 rings (SSSR count). The maximum Gasteiger partial charge on any atom is 0.270 e. The van der Waals surface area contributed by atoms with Crippen molar-refractivity contribution in [2.75, 3.05) is 5.73 Å². The average Bonchev–Trinajstić information content (AvgIpc) is 2.28. The Balaban J connectivity index is 2.46. The zero-order valence-corrected chi connectivity index (χ0v) is 9.90. The number of carbonyl (C=O) groups is 1. The maximum absolute atomic E-state index is 11.8. The number of anilines is 1. The third kappa shape index (κ3) is 2.36. The minimum Gasteiger partial charge on any atom is -0.398 e. The molecule has 4 nitrogen and oxygen atoms in total. The molecule has 0 spiro atoms. The van der Waals surface area contributed by atoms with Gasteiger partial charge in [-0.2, -0.15) is 0 Å². The van der Waals surface area contributed by atoms with E-state index in [0.717, 1.165) is 10.9 Å². The van der Waals surface area contributed by atoms with E-state index in [0.29, 0.717) is 11.4 Å². The highest BCUT2D eigenvalue weighted by molar-refractivity contribution is 5.99. The number of pyridine rings is 1. The highest BCUT2D eigenvalue weighted by Crippen LogP contribution is 2.19. The number of fused-ring (bicyclic) bond motifs is 1. The van der Waals surface area contributed by atoms with Crippen LogP contribution in [0.5, 0.6) is 0 Å². The van der Waals surface area contributed by atoms with Gasteiger partial charge in [-0.25, -0.2) is 4.98 Å². The van der Waals surface area contributed by atoms with Crippen molar-refractivity contribution in [1.29, 1.82) is 0 Å². The Morgan fingerprint density at radius 3 is 2.76 bits per heavy atom. The molecule has 17 heavy (non-hydrogen) atoms. The zero-order valence-electron chi connectivity index (χ0n) is 9.90. The summed E-state index contributed by atoms with van der Waals surface area (Å²) in [6.07, 6.45) is 0. The number of hydrogen-bond donors (Lipinski definition) is 2. The number of amides is 1. The summed E-state index contributed by atoms with van der Waals surface area (Å²) in [5.41, 5.74) is 7.57. The van der Waals surface area contributed by atoms with E-state index in [2.05, 4.69) is 10.3 Å². The number of nitrogens with zero attached hydrogens (tertiary/aromatic N) is 1. The number of hydrogen-bond acceptors (Lipinski definition) is 3. The minimum atomic E-state index is -0.197. The molecule has 0 unspecified atom stereocenters. The summed E-state index contributed by atoms with van der Waals surface area (Å²) in [4.78, 5) is 16.1. The molecule has 0 atom stereocenters. The summed E-state index contributed by atoms with van der Waals surface area (Å²) < 4.78 is 0. The fourth-order valence-electron chi connectivity index (χ4n) is 1.65. The van der Waals surface area contributed by atoms with Gasteiger partial charge < -0.3 is 11.1 Å². The molecule has 0 fully saturated rings. The first-order valence-corrected chi connectivity index (χ1v) is 5.54. The number of nitrogens with one attached hydrogen (secondary N) is 1. The second-order valence-corrected chi connectivity index (χ2v) is 4.24. The molecule has 1 aromatic carbocycles. The molecule has 0 aliphatic rings. The summed E-state index contributed by atoms with van der Waals surface area (Å²) in [6, 6.07) is 9.20. The van der Waals surface area contributed by atoms with Crippen LogP contribution in [0.4, 0.5) is 5.69 Å². The van der Waals surface area contributed by atoms with Crippen molar-refractivity contribution in [3.05, 3.63) is 36.0 Å². The number of benzene rings is 1. The zero-order chi connectivity index (χ0) is 12.4. The molecular formula is C13H15N3O. The van der Waals surface area contributed by atoms with Gasteiger partial charge >= 0.3 is 0 Å². The summed E-state index contributed by atoms with van der Waals surface area (Å²) in [7, 11) is 0. The predicted molar refractivity (Wildman–Crippen MR) is 68.8 cm³/mol. The van der Waals surface area contributed by atoms with E-state index >= 15 is 0 Å². The normalized spacial score (nSPS) is 10.8. The van der Waals surface area contributed by atoms with Crippen molar-refractivity contribution in [2.45, 2.75) is 19.9 Å². The lowest BCUT2D eigenvalue weighted by molar-refractivity contribution is 0.0938. The highest BCUT2D eigenvalue weighted by atomic mass is 16.1. The van der Waals surface area contributed by atoms with Crippen molar-refractivity contribution in [1.82, 2.24) is 10.3 Å². The third-order valence-corrected chi connectivity index (χ3v) is 2.40. The molecule has 1 heterocycles. The Kier molecular flexibility index (Phi) is 2.95. The first-order valence-electron chi connectivity index (χ1n) is 5.54. The molecule has 0 radical (unpaired) electrons. The van der Waals surface area contributed by atoms with Crippen LogP contribution in [0.2, 0.25) is 0 Å². The van der Waals surface area contributed by atoms with Crippen molar-refractivity contribution in [2.24, 2.45) is 0 Å². The summed E-state index contributed by atoms with van der Waals surface area (Å²) >= 11 is 0. The number of rotatable bonds is 2. The van der Waals surface area contributed by atoms with E-state index in [1.54, 1.807) is 6.07 Å². The van der Waals surface area contributed by atoms with Gasteiger partial charge in [0.15, 0.2) is 0 Å². The maximum atomic E-state index is 11.8. The fraction of sp³-hybridized carbons (Fsp3) is 0.231. The molecule has 0 bridgehead atoms. The summed E-state index contributed by atoms with van der Waals surface area (Å²) in [6.45, 7) is 3.81. The number of nitrogens with two attached hydrogens (primary N) is 1. The Labute approximate surface area is 99.8 Å². The molecule has 1 aromatic heterocycles. The Bertz CT molecular complexity index is 564. The quantitative estimate of drug-likeness (QED) is 0.827. The molecule has 1 amide bonds. The highest BCUT2D eigenvalue weighted by Gasteiger charge is 2.11. The molecule has 0 aliphatic carbocycles. The number of nitrogen functional groups attached to an aromatic ring is 1. The van der Waals surface area contributed by atoms with E-state index in [9.17, 15) is 4.79 Å². The predicted octanol–water partition coefficient (Wildman–Crippen LogP) is 1.96. The second kappa shape index (κ2) is 4.41. The van der Waals surface area contributed by atoms with E-state index < -0.39 is 0 Å². The van der Waals surface area contributed by atoms with Gasteiger partial charge in [-0.15, -0.1) is 0 Å². The van der Waals surface area contributed by atoms with Gasteiger partial charge in [0.25, 0.3) is 5.91 Å². The second-order valence-electron chi connectivity index (χ2n) is 4.24. The Morgan fingerprint density at radius 1 is 1.35 bits per heavy atom. The number of para-hydroxylation sites is 1. The van der Waals surface area contributed by atoms with Crippen LogP contribution in [0.3, 0.4) is 0 Å². The molecular weight excluding hydrogens is 214 g/mol. The molecule has 3 N–H and O–H groups in total. The van der Waals surface area contributed by atoms with E-state index in [1.807, 2.05) is 38.1 Å². The molecule has 2 aromatic rings. The first-order chi connectivity index (χ1) is 8.08. The minimum absolute atomic E-state index is 0.0806. The van der Waals surface area contributed by atoms with Crippen LogP contribution in [0.25, 0.3) is 10.9 Å². The van der Waals surface area contributed by atoms with Crippen molar-refractivity contribution >= 4 is 22.5 Å². The lowest BCUT2D eigenvalue weighted by Gasteiger charge is -2.09. The SMILES string of the molecule is CC(C)NC(=O)c1cc(N)c2ccccc2n1. The van der Waals surface area contributed by atoms with Crippen LogP contribution in [-0.2, 0) is 0 Å². The lowest BCUT2D eigenvalue weighted by atomic mass is 10.1. The fourth-order valence-corrected chi connectivity index (χ4v) is 1.65. The average molecular weight is 229 g/mol. The number of carbonyl (C=O) groups excluding carboxylic acids is 1. The number of aromatic nitrogens is 1. The van der Waals surface area contributed by atoms with E-state index in [-0.39, 0.29) is 11.9 Å². The van der Waals surface area contributed by atoms with Crippen LogP contribution in [0.15, 0.2) is 30.3 Å². The van der Waals surface area contributed by atoms with E-state index in [4.69, 9.17) is 5.73 Å². The standard InChI is InChI=1S/C13H15N3O/c1-8(2)15-13(17)12-7-10(14)9-5-3-4-6-11(9)16-12/h3-8H,1-2H3,(H2,14,16)(H,15,17). The van der Waals surface area contributed by atoms with Gasteiger partial charge in [-0.1, -0.05) is 18.2 Å². The van der Waals surface area contributed by atoms with Gasteiger partial charge in [0, 0.05) is 17.1 Å². The van der Waals surface area contributed by atoms with Crippen molar-refractivity contribution < 1.29 is 4.79 Å². The van der Waals surface area contributed by atoms with Gasteiger partial charge in [-0.05, 0) is 26.0 Å². The van der Waals surface area contributed by atoms with Crippen molar-refractivity contribution in [3.63, 3.8) is 0 Å². The summed E-state index contributed by atoms with van der Waals surface area (Å²) in [5, 5.41) is 3.66. The third-order valence-electron chi connectivity index (χ3n) is 2.40. The smallest absolute Gasteiger partial charge is 0.270 e. The van der Waals surface area contributed by atoms with E-state index in [1.165, 1.54) is 0 Å². The van der Waals surface area contributed by atoms with Crippen LogP contribution >= 0.6 is 0 Å². The summed E-state index contributed by atoms with van der Waals surface area (Å²) in [5.74, 6) is -0.197. The monoisotopic (exact) mass is 229 g/mol. The van der Waals surface area contributed by atoms with Crippen molar-refractivity contribution in [3.8, 4) is 0 Å². The van der Waals surface area contributed by atoms with Crippen LogP contribution < -0.4 is 11.1 Å². The van der Waals surface area contributed by atoms with Gasteiger partial charge in [0.2, 0.25) is 0 Å². The van der Waals surface area contributed by atoms with Crippen LogP contribution in [0.1, 0.15) is 24.3 Å². The molecule has 0 aliphatic heterocycles. The first kappa shape index (κ1) is 11.4. The van der Waals surface area contributed by atoms with Gasteiger partial charge in [0.05, 0.1) is 5.52 Å². The molecule has 88 valence electrons. The topological polar surface area (TPSA) is 68.0 Å². The molecule has 0 saturated heterocycles. The Hall–Kier alpha value is -2.10.